The number of hydrogen-bond donors (Lipinski definition) is 3. The van der Waals surface area contributed by atoms with Gasteiger partial charge in [-0.15, -0.1) is 0 Å². The zero-order valence-electron chi connectivity index (χ0n) is 63.3. The lowest BCUT2D eigenvalue weighted by Crippen LogP contribution is -2.45. The maximum atomic E-state index is 12.5. The van der Waals surface area contributed by atoms with Crippen LogP contribution in [0.1, 0.15) is 515 Å². The minimum absolute atomic E-state index is 0.0235. The topological polar surface area (TPSA) is 95.9 Å². The Labute approximate surface area is 578 Å². The number of amides is 1. The van der Waals surface area contributed by atoms with Gasteiger partial charge in [0.15, 0.2) is 0 Å². The van der Waals surface area contributed by atoms with Gasteiger partial charge in [0.05, 0.1) is 25.4 Å². The predicted octanol–water partition coefficient (Wildman–Crippen LogP) is 28.8. The molecular formula is C86H171NO5. The summed E-state index contributed by atoms with van der Waals surface area (Å²) < 4.78 is 5.53. The second kappa shape index (κ2) is 82.3. The lowest BCUT2D eigenvalue weighted by Gasteiger charge is -2.22. The highest BCUT2D eigenvalue weighted by molar-refractivity contribution is 5.76. The first-order valence-electron chi connectivity index (χ1n) is 43.3. The minimum atomic E-state index is -0.659. The van der Waals surface area contributed by atoms with Gasteiger partial charge in [0.25, 0.3) is 0 Å². The van der Waals surface area contributed by atoms with Gasteiger partial charge >= 0.3 is 5.97 Å². The molecule has 0 aliphatic rings. The van der Waals surface area contributed by atoms with Crippen molar-refractivity contribution in [1.82, 2.24) is 5.32 Å². The summed E-state index contributed by atoms with van der Waals surface area (Å²) in [5.74, 6) is 0.00700. The van der Waals surface area contributed by atoms with Gasteiger partial charge in [-0.05, 0) is 25.7 Å². The Morgan fingerprint density at radius 3 is 0.663 bits per heavy atom. The third-order valence-electron chi connectivity index (χ3n) is 20.9. The van der Waals surface area contributed by atoms with E-state index >= 15 is 0 Å². The number of aliphatic hydroxyl groups excluding tert-OH is 2. The van der Waals surface area contributed by atoms with E-state index in [1.165, 1.54) is 443 Å². The van der Waals surface area contributed by atoms with Gasteiger partial charge < -0.3 is 20.3 Å². The Morgan fingerprint density at radius 1 is 0.261 bits per heavy atom. The van der Waals surface area contributed by atoms with Crippen molar-refractivity contribution >= 4 is 11.9 Å². The lowest BCUT2D eigenvalue weighted by atomic mass is 10.0. The van der Waals surface area contributed by atoms with Crippen LogP contribution in [0.5, 0.6) is 0 Å². The molecule has 6 heteroatoms. The second-order valence-corrected chi connectivity index (χ2v) is 30.2. The molecule has 3 N–H and O–H groups in total. The van der Waals surface area contributed by atoms with Crippen molar-refractivity contribution in [3.8, 4) is 0 Å². The third-order valence-corrected chi connectivity index (χ3v) is 20.9. The smallest absolute Gasteiger partial charge is 0.305 e. The number of hydrogen-bond acceptors (Lipinski definition) is 5. The van der Waals surface area contributed by atoms with E-state index in [-0.39, 0.29) is 18.5 Å². The van der Waals surface area contributed by atoms with Crippen LogP contribution in [0.3, 0.4) is 0 Å². The molecule has 6 nitrogen and oxygen atoms in total. The number of esters is 1. The zero-order valence-corrected chi connectivity index (χ0v) is 63.3. The molecule has 0 rings (SSSR count). The Morgan fingerprint density at radius 2 is 0.446 bits per heavy atom. The summed E-state index contributed by atoms with van der Waals surface area (Å²) in [6, 6.07) is -0.536. The van der Waals surface area contributed by atoms with Crippen molar-refractivity contribution in [3.63, 3.8) is 0 Å². The molecule has 0 saturated carbocycles. The standard InChI is InChI=1S/C86H171NO5/c1-3-5-7-9-11-13-15-17-19-21-43-48-52-56-60-64-68-72-76-80-86(91)92-81-77-73-69-65-61-57-53-49-45-42-40-38-36-34-32-30-28-26-24-22-23-25-27-29-31-33-35-37-39-41-44-47-51-55-59-63-67-71-75-79-85(90)87-83(82-88)84(89)78-74-70-66-62-58-54-50-46-20-18-16-14-12-10-8-6-4-2/h83-84,88-89H,3-82H2,1-2H3,(H,87,90). The molecule has 550 valence electrons. The van der Waals surface area contributed by atoms with Crippen LogP contribution >= 0.6 is 0 Å². The zero-order chi connectivity index (χ0) is 66.3. The Bertz CT molecular complexity index is 1360. The molecule has 0 aromatic heterocycles. The van der Waals surface area contributed by atoms with Gasteiger partial charge in [-0.2, -0.15) is 0 Å². The summed E-state index contributed by atoms with van der Waals surface area (Å²) in [5, 5.41) is 23.4. The molecule has 1 amide bonds. The number of nitrogens with one attached hydrogen (secondary N) is 1. The largest absolute Gasteiger partial charge is 0.466 e. The monoisotopic (exact) mass is 1300 g/mol. The summed E-state index contributed by atoms with van der Waals surface area (Å²) in [6.07, 6.45) is 104. The molecule has 0 aliphatic carbocycles. The van der Waals surface area contributed by atoms with Gasteiger partial charge in [-0.3, -0.25) is 9.59 Å². The highest BCUT2D eigenvalue weighted by Gasteiger charge is 2.20. The van der Waals surface area contributed by atoms with Crippen molar-refractivity contribution < 1.29 is 24.5 Å². The number of rotatable bonds is 83. The van der Waals surface area contributed by atoms with E-state index in [0.717, 1.165) is 38.5 Å². The van der Waals surface area contributed by atoms with Gasteiger partial charge in [0.1, 0.15) is 0 Å². The molecule has 2 atom stereocenters. The van der Waals surface area contributed by atoms with E-state index in [2.05, 4.69) is 19.2 Å². The Kier molecular flexibility index (Phi) is 81.3. The van der Waals surface area contributed by atoms with Crippen LogP contribution in [-0.4, -0.2) is 47.4 Å². The van der Waals surface area contributed by atoms with Crippen molar-refractivity contribution in [3.05, 3.63) is 0 Å². The van der Waals surface area contributed by atoms with Gasteiger partial charge in [-0.1, -0.05) is 476 Å². The van der Waals surface area contributed by atoms with Gasteiger partial charge in [-0.25, -0.2) is 0 Å². The molecule has 92 heavy (non-hydrogen) atoms. The number of carbonyl (C=O) groups is 2. The van der Waals surface area contributed by atoms with E-state index in [1.54, 1.807) is 0 Å². The van der Waals surface area contributed by atoms with Gasteiger partial charge in [0, 0.05) is 12.8 Å². The molecule has 0 fully saturated rings. The molecule has 2 unspecified atom stereocenters. The van der Waals surface area contributed by atoms with Crippen molar-refractivity contribution in [2.75, 3.05) is 13.2 Å². The minimum Gasteiger partial charge on any atom is -0.466 e. The van der Waals surface area contributed by atoms with E-state index in [4.69, 9.17) is 4.74 Å². The van der Waals surface area contributed by atoms with Crippen LogP contribution in [-0.2, 0) is 14.3 Å². The first kappa shape index (κ1) is 90.9. The molecule has 0 aliphatic heterocycles. The summed E-state index contributed by atoms with van der Waals surface area (Å²) in [6.45, 7) is 5.03. The summed E-state index contributed by atoms with van der Waals surface area (Å²) in [5.41, 5.74) is 0. The van der Waals surface area contributed by atoms with Crippen LogP contribution in [0.25, 0.3) is 0 Å². The maximum absolute atomic E-state index is 12.5. The Balaban J connectivity index is 3.27. The molecular weight excluding hydrogens is 1130 g/mol. The first-order chi connectivity index (χ1) is 45.5. The Hall–Kier alpha value is -1.14. The van der Waals surface area contributed by atoms with Crippen molar-refractivity contribution in [2.24, 2.45) is 0 Å². The summed E-state index contributed by atoms with van der Waals surface area (Å²) in [4.78, 5) is 24.7. The van der Waals surface area contributed by atoms with Crippen LogP contribution in [0.15, 0.2) is 0 Å². The SMILES string of the molecule is CCCCCCCCCCCCCCCCCCCCCC(=O)OCCCCCCCCCCCCCCCCCCCCCCCCCCCCCCCCCCCCCCCCCC(=O)NC(CO)C(O)CCCCCCCCCCCCCCCCCCC. The molecule has 0 saturated heterocycles. The number of aliphatic hydroxyl groups is 2. The molecule has 0 bridgehead atoms. The quantitative estimate of drug-likeness (QED) is 0.0417. The van der Waals surface area contributed by atoms with Gasteiger partial charge in [0.2, 0.25) is 5.91 Å². The van der Waals surface area contributed by atoms with Crippen LogP contribution < -0.4 is 5.32 Å². The average Bonchev–Trinajstić information content (AvgIpc) is 3.60. The van der Waals surface area contributed by atoms with E-state index in [0.29, 0.717) is 25.9 Å². The number of carbonyl (C=O) groups excluding carboxylic acids is 2. The highest BCUT2D eigenvalue weighted by atomic mass is 16.5. The third kappa shape index (κ3) is 77.9. The fourth-order valence-electron chi connectivity index (χ4n) is 14.4. The maximum Gasteiger partial charge on any atom is 0.305 e. The molecule has 0 aromatic rings. The summed E-state index contributed by atoms with van der Waals surface area (Å²) >= 11 is 0. The van der Waals surface area contributed by atoms with E-state index < -0.39 is 12.1 Å². The fourth-order valence-corrected chi connectivity index (χ4v) is 14.4. The molecule has 0 radical (unpaired) electrons. The molecule has 0 heterocycles. The van der Waals surface area contributed by atoms with Crippen LogP contribution in [0, 0.1) is 0 Å². The van der Waals surface area contributed by atoms with Crippen LogP contribution in [0.4, 0.5) is 0 Å². The predicted molar refractivity (Wildman–Crippen MR) is 407 cm³/mol. The van der Waals surface area contributed by atoms with E-state index in [9.17, 15) is 19.8 Å². The molecule has 0 aromatic carbocycles. The van der Waals surface area contributed by atoms with Crippen molar-refractivity contribution in [1.29, 1.82) is 0 Å². The number of ether oxygens (including phenoxy) is 1. The normalized spacial score (nSPS) is 12.3. The fraction of sp³-hybridized carbons (Fsp3) is 0.977. The summed E-state index contributed by atoms with van der Waals surface area (Å²) in [7, 11) is 0. The number of unbranched alkanes of at least 4 members (excludes halogenated alkanes) is 72. The van der Waals surface area contributed by atoms with Crippen molar-refractivity contribution in [2.45, 2.75) is 527 Å². The van der Waals surface area contributed by atoms with E-state index in [1.807, 2.05) is 0 Å². The second-order valence-electron chi connectivity index (χ2n) is 30.2. The van der Waals surface area contributed by atoms with Crippen LogP contribution in [0.2, 0.25) is 0 Å². The average molecular weight is 1300 g/mol. The first-order valence-corrected chi connectivity index (χ1v) is 43.3. The molecule has 0 spiro atoms. The lowest BCUT2D eigenvalue weighted by molar-refractivity contribution is -0.143. The highest BCUT2D eigenvalue weighted by Crippen LogP contribution is 2.21.